The molecule has 5 heteroatoms. The van der Waals surface area contributed by atoms with Gasteiger partial charge in [0.05, 0.1) is 6.04 Å². The number of hydrogen-bond acceptors (Lipinski definition) is 4. The molecule has 2 fully saturated rings. The van der Waals surface area contributed by atoms with Crippen molar-refractivity contribution in [1.82, 2.24) is 9.80 Å². The van der Waals surface area contributed by atoms with E-state index in [4.69, 9.17) is 4.74 Å². The lowest BCUT2D eigenvalue weighted by atomic mass is 9.51. The third kappa shape index (κ3) is 2.91. The quantitative estimate of drug-likeness (QED) is 0.730. The van der Waals surface area contributed by atoms with Gasteiger partial charge in [-0.25, -0.2) is 0 Å². The summed E-state index contributed by atoms with van der Waals surface area (Å²) in [6, 6.07) is 12.5. The summed E-state index contributed by atoms with van der Waals surface area (Å²) in [5, 5.41) is 10.7. The van der Waals surface area contributed by atoms with Crippen molar-refractivity contribution in [2.24, 2.45) is 5.92 Å². The van der Waals surface area contributed by atoms with Gasteiger partial charge in [0.15, 0.2) is 11.5 Å². The second-order valence-electron chi connectivity index (χ2n) is 10.5. The molecule has 1 amide bonds. The number of aromatic hydroxyl groups is 1. The lowest BCUT2D eigenvalue weighted by Crippen LogP contribution is -2.68. The highest BCUT2D eigenvalue weighted by atomic mass is 16.5. The highest BCUT2D eigenvalue weighted by molar-refractivity contribution is 5.92. The van der Waals surface area contributed by atoms with Crippen LogP contribution in [0, 0.1) is 12.8 Å². The molecule has 2 heterocycles. The molecule has 4 aliphatic rings. The molecule has 2 unspecified atom stereocenters. The van der Waals surface area contributed by atoms with Crippen LogP contribution in [0.1, 0.15) is 41.5 Å². The highest BCUT2D eigenvalue weighted by Gasteiger charge is 2.66. The van der Waals surface area contributed by atoms with E-state index >= 15 is 0 Å². The zero-order chi connectivity index (χ0) is 22.9. The first-order valence-corrected chi connectivity index (χ1v) is 12.1. The van der Waals surface area contributed by atoms with Gasteiger partial charge in [0.25, 0.3) is 0 Å². The topological polar surface area (TPSA) is 53.0 Å². The molecule has 0 aromatic heterocycles. The minimum Gasteiger partial charge on any atom is -0.504 e. The Morgan fingerprint density at radius 3 is 2.94 bits per heavy atom. The number of phenolic OH excluding ortho intramolecular Hbond substituents is 1. The van der Waals surface area contributed by atoms with Crippen molar-refractivity contribution in [2.45, 2.75) is 56.2 Å². The standard InChI is InChI=1S/C28H32N2O3/c1-17-5-4-6-18(15-17)7-12-24(32)30(3)21-10-9-20-22-16-19-8-11-23(31)26-25(19)28(20,27(21)33-26)13-14-29(22)2/h4-8,11-12,15,20-22,27,31H,9-10,13-14,16H2,1-3H3/b12-7+/t20-,21?,22+,27?,28-/m0/s1. The number of likely N-dealkylation sites (tertiary alicyclic amines) is 1. The number of ether oxygens (including phenoxy) is 1. The van der Waals surface area contributed by atoms with E-state index in [2.05, 4.69) is 37.1 Å². The van der Waals surface area contributed by atoms with Gasteiger partial charge in [-0.2, -0.15) is 0 Å². The molecule has 1 saturated carbocycles. The van der Waals surface area contributed by atoms with Gasteiger partial charge >= 0.3 is 0 Å². The van der Waals surface area contributed by atoms with Crippen LogP contribution in [0.15, 0.2) is 42.5 Å². The van der Waals surface area contributed by atoms with Gasteiger partial charge < -0.3 is 19.6 Å². The largest absolute Gasteiger partial charge is 0.504 e. The van der Waals surface area contributed by atoms with Crippen molar-refractivity contribution in [3.05, 3.63) is 64.7 Å². The first-order chi connectivity index (χ1) is 15.9. The molecule has 5 atom stereocenters. The number of piperidine rings is 1. The highest BCUT2D eigenvalue weighted by Crippen LogP contribution is 2.64. The maximum atomic E-state index is 13.2. The van der Waals surface area contributed by atoms with Gasteiger partial charge in [0, 0.05) is 30.1 Å². The van der Waals surface area contributed by atoms with Crippen molar-refractivity contribution >= 4 is 12.0 Å². The third-order valence-corrected chi connectivity index (χ3v) is 8.87. The number of amides is 1. The summed E-state index contributed by atoms with van der Waals surface area (Å²) in [7, 11) is 4.15. The van der Waals surface area contributed by atoms with Gasteiger partial charge in [-0.15, -0.1) is 0 Å². The number of rotatable bonds is 3. The molecule has 5 nitrogen and oxygen atoms in total. The van der Waals surface area contributed by atoms with Gasteiger partial charge in [0.2, 0.25) is 5.91 Å². The number of likely N-dealkylation sites (N-methyl/N-ethyl adjacent to an activating group) is 2. The Bertz CT molecular complexity index is 1160. The third-order valence-electron chi connectivity index (χ3n) is 8.87. The predicted molar refractivity (Wildman–Crippen MR) is 128 cm³/mol. The second-order valence-corrected chi connectivity index (χ2v) is 10.5. The number of aryl methyl sites for hydroxylation is 1. The zero-order valence-electron chi connectivity index (χ0n) is 19.6. The zero-order valence-corrected chi connectivity index (χ0v) is 19.6. The number of phenols is 1. The average molecular weight is 445 g/mol. The Labute approximate surface area is 195 Å². The summed E-state index contributed by atoms with van der Waals surface area (Å²) in [6.07, 6.45) is 7.49. The van der Waals surface area contributed by atoms with Crippen LogP contribution in [0.3, 0.4) is 0 Å². The first-order valence-electron chi connectivity index (χ1n) is 12.1. The lowest BCUT2D eigenvalue weighted by molar-refractivity contribution is -0.134. The molecule has 1 saturated heterocycles. The Kier molecular flexibility index (Phi) is 4.64. The molecule has 2 aromatic rings. The van der Waals surface area contributed by atoms with Crippen molar-refractivity contribution < 1.29 is 14.6 Å². The molecule has 1 spiro atoms. The fourth-order valence-corrected chi connectivity index (χ4v) is 7.33. The molecule has 2 bridgehead atoms. The number of carbonyl (C=O) groups is 1. The van der Waals surface area contributed by atoms with Gasteiger partial charge in [-0.3, -0.25) is 4.79 Å². The molecular formula is C28H32N2O3. The van der Waals surface area contributed by atoms with Crippen molar-refractivity contribution in [3.8, 4) is 11.5 Å². The lowest BCUT2D eigenvalue weighted by Gasteiger charge is -2.59. The van der Waals surface area contributed by atoms with Crippen LogP contribution in [-0.2, 0) is 16.6 Å². The molecule has 2 aromatic carbocycles. The fourth-order valence-electron chi connectivity index (χ4n) is 7.33. The van der Waals surface area contributed by atoms with Gasteiger partial charge in [-0.05, 0) is 75.4 Å². The van der Waals surface area contributed by atoms with E-state index in [9.17, 15) is 9.90 Å². The van der Waals surface area contributed by atoms with E-state index in [0.29, 0.717) is 17.7 Å². The number of hydrogen-bond donors (Lipinski definition) is 1. The summed E-state index contributed by atoms with van der Waals surface area (Å²) in [4.78, 5) is 17.6. The maximum absolute atomic E-state index is 13.2. The van der Waals surface area contributed by atoms with Crippen LogP contribution in [0.4, 0.5) is 0 Å². The first kappa shape index (κ1) is 20.8. The molecule has 1 N–H and O–H groups in total. The molecular weight excluding hydrogens is 412 g/mol. The van der Waals surface area contributed by atoms with E-state index < -0.39 is 0 Å². The SMILES string of the molecule is Cc1cccc(/C=C/C(=O)N(C)C2CC[C@H]3[C@H]4Cc5ccc(O)c6c5[C@@]3(CCN4C)C2O6)c1. The summed E-state index contributed by atoms with van der Waals surface area (Å²) < 4.78 is 6.62. The molecule has 0 radical (unpaired) electrons. The van der Waals surface area contributed by atoms with Crippen molar-refractivity contribution in [1.29, 1.82) is 0 Å². The summed E-state index contributed by atoms with van der Waals surface area (Å²) >= 11 is 0. The van der Waals surface area contributed by atoms with Crippen LogP contribution >= 0.6 is 0 Å². The van der Waals surface area contributed by atoms with Gasteiger partial charge in [0.1, 0.15) is 6.10 Å². The van der Waals surface area contributed by atoms with Crippen LogP contribution in [0.5, 0.6) is 11.5 Å². The normalized spacial score (nSPS) is 31.8. The molecule has 33 heavy (non-hydrogen) atoms. The molecule has 2 aliphatic heterocycles. The predicted octanol–water partition coefficient (Wildman–Crippen LogP) is 3.91. The summed E-state index contributed by atoms with van der Waals surface area (Å²) in [5.41, 5.74) is 4.65. The average Bonchev–Trinajstić information content (AvgIpc) is 3.16. The monoisotopic (exact) mass is 444 g/mol. The van der Waals surface area contributed by atoms with Crippen molar-refractivity contribution in [3.63, 3.8) is 0 Å². The smallest absolute Gasteiger partial charge is 0.246 e. The molecule has 2 aliphatic carbocycles. The Hall–Kier alpha value is -2.79. The fraction of sp³-hybridized carbons (Fsp3) is 0.464. The Morgan fingerprint density at radius 1 is 1.27 bits per heavy atom. The minimum atomic E-state index is -0.115. The number of carbonyl (C=O) groups excluding carboxylic acids is 1. The second kappa shape index (κ2) is 7.36. The Balaban J connectivity index is 1.35. The maximum Gasteiger partial charge on any atom is 0.246 e. The van der Waals surface area contributed by atoms with Crippen LogP contribution in [-0.4, -0.2) is 59.6 Å². The Morgan fingerprint density at radius 2 is 2.12 bits per heavy atom. The number of benzene rings is 2. The van der Waals surface area contributed by atoms with E-state index in [-0.39, 0.29) is 29.2 Å². The van der Waals surface area contributed by atoms with Crippen molar-refractivity contribution in [2.75, 3.05) is 20.6 Å². The van der Waals surface area contributed by atoms with E-state index in [1.54, 1.807) is 12.1 Å². The van der Waals surface area contributed by atoms with E-state index in [0.717, 1.165) is 37.8 Å². The van der Waals surface area contributed by atoms with Crippen LogP contribution in [0.25, 0.3) is 6.08 Å². The molecule has 172 valence electrons. The van der Waals surface area contributed by atoms with Crippen LogP contribution in [0.2, 0.25) is 0 Å². The summed E-state index contributed by atoms with van der Waals surface area (Å²) in [5.74, 6) is 1.41. The number of nitrogens with zero attached hydrogens (tertiary/aromatic N) is 2. The summed E-state index contributed by atoms with van der Waals surface area (Å²) in [6.45, 7) is 3.08. The van der Waals surface area contributed by atoms with Gasteiger partial charge in [-0.1, -0.05) is 35.9 Å². The van der Waals surface area contributed by atoms with Crippen LogP contribution < -0.4 is 4.74 Å². The molecule has 6 rings (SSSR count). The van der Waals surface area contributed by atoms with E-state index in [1.165, 1.54) is 16.7 Å². The minimum absolute atomic E-state index is 0.000597. The van der Waals surface area contributed by atoms with E-state index in [1.807, 2.05) is 30.2 Å².